The predicted octanol–water partition coefficient (Wildman–Crippen LogP) is 1.98. The normalized spacial score (nSPS) is 9.33. The van der Waals surface area contributed by atoms with Crippen LogP contribution < -0.4 is 0 Å². The van der Waals surface area contributed by atoms with Gasteiger partial charge in [0.2, 0.25) is 0 Å². The van der Waals surface area contributed by atoms with E-state index >= 15 is 0 Å². The van der Waals surface area contributed by atoms with Gasteiger partial charge in [-0.15, -0.1) is 20.7 Å². The highest BCUT2D eigenvalue weighted by molar-refractivity contribution is 14.2. The predicted molar refractivity (Wildman–Crippen MR) is 49.1 cm³/mol. The number of rotatable bonds is 2. The van der Waals surface area contributed by atoms with E-state index in [2.05, 4.69) is 9.50 Å². The zero-order valence-electron chi connectivity index (χ0n) is 5.05. The van der Waals surface area contributed by atoms with Crippen molar-refractivity contribution >= 4 is 25.2 Å². The van der Waals surface area contributed by atoms with Gasteiger partial charge in [-0.1, -0.05) is 4.51 Å². The standard InChI is InChI=1S/C7H8IN/c1-8-6-7-2-4-9-5-3-7/h2-5H,1,6H2. The van der Waals surface area contributed by atoms with Crippen molar-refractivity contribution in [3.8, 4) is 0 Å². The van der Waals surface area contributed by atoms with Gasteiger partial charge >= 0.3 is 0 Å². The molecule has 0 amide bonds. The first-order valence-electron chi connectivity index (χ1n) is 2.65. The Hall–Kier alpha value is -0.250. The Morgan fingerprint density at radius 1 is 1.44 bits per heavy atom. The van der Waals surface area contributed by atoms with Crippen LogP contribution in [0.2, 0.25) is 0 Å². The van der Waals surface area contributed by atoms with Crippen LogP contribution in [-0.2, 0) is 4.43 Å². The van der Waals surface area contributed by atoms with Gasteiger partial charge in [-0.2, -0.15) is 0 Å². The summed E-state index contributed by atoms with van der Waals surface area (Å²) >= 11 is 0.151. The zero-order valence-corrected chi connectivity index (χ0v) is 7.21. The van der Waals surface area contributed by atoms with E-state index in [1.54, 1.807) is 0 Å². The summed E-state index contributed by atoms with van der Waals surface area (Å²) in [4.78, 5) is 3.92. The van der Waals surface area contributed by atoms with E-state index in [4.69, 9.17) is 0 Å². The van der Waals surface area contributed by atoms with Gasteiger partial charge in [-0.25, -0.2) is 0 Å². The van der Waals surface area contributed by atoms with E-state index in [0.717, 1.165) is 0 Å². The molecule has 1 aromatic rings. The molecule has 0 aliphatic heterocycles. The van der Waals surface area contributed by atoms with E-state index in [9.17, 15) is 0 Å². The quantitative estimate of drug-likeness (QED) is 0.562. The molecule has 9 heavy (non-hydrogen) atoms. The Morgan fingerprint density at radius 2 is 2.11 bits per heavy atom. The molecule has 0 atom stereocenters. The number of hydrogen-bond acceptors (Lipinski definition) is 1. The van der Waals surface area contributed by atoms with E-state index in [1.165, 1.54) is 9.99 Å². The molecule has 0 saturated heterocycles. The molecule has 0 radical (unpaired) electrons. The number of halogens is 1. The Balaban J connectivity index is 2.72. The second kappa shape index (κ2) is 3.71. The fourth-order valence-corrected chi connectivity index (χ4v) is 1.71. The minimum atomic E-state index is 0.151. The van der Waals surface area contributed by atoms with Gasteiger partial charge in [0.05, 0.1) is 0 Å². The first kappa shape index (κ1) is 6.86. The van der Waals surface area contributed by atoms with E-state index < -0.39 is 0 Å². The number of alkyl halides is 1. The van der Waals surface area contributed by atoms with E-state index in [0.29, 0.717) is 0 Å². The van der Waals surface area contributed by atoms with Crippen molar-refractivity contribution in [2.75, 3.05) is 0 Å². The molecule has 1 nitrogen and oxygen atoms in total. The second-order valence-corrected chi connectivity index (χ2v) is 3.52. The molecule has 2 heteroatoms. The van der Waals surface area contributed by atoms with Crippen molar-refractivity contribution in [3.63, 3.8) is 0 Å². The highest BCUT2D eigenvalue weighted by Crippen LogP contribution is 2.05. The lowest BCUT2D eigenvalue weighted by Crippen LogP contribution is -1.75. The second-order valence-electron chi connectivity index (χ2n) is 1.68. The monoisotopic (exact) mass is 233 g/mol. The molecule has 1 heterocycles. The third-order valence-corrected chi connectivity index (χ3v) is 2.42. The van der Waals surface area contributed by atoms with Crippen LogP contribution in [0, 0.1) is 0 Å². The maximum Gasteiger partial charge on any atom is 0.0270 e. The first-order valence-corrected chi connectivity index (χ1v) is 5.70. The van der Waals surface area contributed by atoms with Gasteiger partial charge in [0.1, 0.15) is 0 Å². The molecule has 0 aromatic carbocycles. The third-order valence-electron chi connectivity index (χ3n) is 0.998. The van der Waals surface area contributed by atoms with E-state index in [-0.39, 0.29) is 20.7 Å². The molecule has 0 aliphatic rings. The van der Waals surface area contributed by atoms with Gasteiger partial charge in [-0.05, 0) is 17.7 Å². The molecule has 0 aliphatic carbocycles. The molecule has 1 aromatic heterocycles. The van der Waals surface area contributed by atoms with Gasteiger partial charge in [-0.3, -0.25) is 4.98 Å². The fraction of sp³-hybridized carbons (Fsp3) is 0.143. The van der Waals surface area contributed by atoms with Gasteiger partial charge < -0.3 is 0 Å². The Bertz CT molecular complexity index is 183. The number of nitrogens with zero attached hydrogens (tertiary/aromatic N) is 1. The van der Waals surface area contributed by atoms with Crippen LogP contribution in [0.15, 0.2) is 24.5 Å². The summed E-state index contributed by atoms with van der Waals surface area (Å²) < 4.78 is 5.04. The van der Waals surface area contributed by atoms with Crippen LogP contribution >= 0.6 is 20.7 Å². The minimum Gasteiger partial charge on any atom is -0.265 e. The molecule has 0 saturated carbocycles. The van der Waals surface area contributed by atoms with Gasteiger partial charge in [0, 0.05) is 16.8 Å². The summed E-state index contributed by atoms with van der Waals surface area (Å²) in [5.41, 5.74) is 1.37. The molecule has 0 spiro atoms. The van der Waals surface area contributed by atoms with E-state index in [1.807, 2.05) is 24.5 Å². The van der Waals surface area contributed by atoms with Gasteiger partial charge in [0.15, 0.2) is 0 Å². The molecular weight excluding hydrogens is 225 g/mol. The zero-order chi connectivity index (χ0) is 6.53. The maximum absolute atomic E-state index is 3.92. The summed E-state index contributed by atoms with van der Waals surface area (Å²) in [6.45, 7) is 0. The Kier molecular flexibility index (Phi) is 2.83. The average Bonchev–Trinajstić information content (AvgIpc) is 1.91. The summed E-state index contributed by atoms with van der Waals surface area (Å²) in [6.07, 6.45) is 3.66. The smallest absolute Gasteiger partial charge is 0.0270 e. The molecule has 0 unspecified atom stereocenters. The van der Waals surface area contributed by atoms with Crippen LogP contribution in [0.25, 0.3) is 0 Å². The number of hydrogen-bond donors (Lipinski definition) is 0. The first-order chi connectivity index (χ1) is 4.43. The van der Waals surface area contributed by atoms with Gasteiger partial charge in [0.25, 0.3) is 0 Å². The van der Waals surface area contributed by atoms with Crippen LogP contribution in [0.3, 0.4) is 0 Å². The lowest BCUT2D eigenvalue weighted by Gasteiger charge is -1.90. The van der Waals surface area contributed by atoms with Crippen molar-refractivity contribution in [1.82, 2.24) is 4.98 Å². The summed E-state index contributed by atoms with van der Waals surface area (Å²) in [7, 11) is 0. The van der Waals surface area contributed by atoms with Crippen molar-refractivity contribution in [3.05, 3.63) is 30.1 Å². The summed E-state index contributed by atoms with van der Waals surface area (Å²) in [5, 5.41) is 0. The molecular formula is C7H8IN. The summed E-state index contributed by atoms with van der Waals surface area (Å²) in [5.74, 6) is 0. The Labute approximate surface area is 64.9 Å². The number of pyridine rings is 1. The van der Waals surface area contributed by atoms with Crippen LogP contribution in [0.4, 0.5) is 0 Å². The topological polar surface area (TPSA) is 12.9 Å². The highest BCUT2D eigenvalue weighted by Gasteiger charge is 1.83. The third kappa shape index (κ3) is 2.22. The van der Waals surface area contributed by atoms with Crippen molar-refractivity contribution < 1.29 is 0 Å². The van der Waals surface area contributed by atoms with Crippen molar-refractivity contribution in [1.29, 1.82) is 0 Å². The fourth-order valence-electron chi connectivity index (χ4n) is 0.581. The molecule has 48 valence electrons. The lowest BCUT2D eigenvalue weighted by molar-refractivity contribution is 1.28. The highest BCUT2D eigenvalue weighted by atomic mass is 127. The van der Waals surface area contributed by atoms with Crippen molar-refractivity contribution in [2.45, 2.75) is 4.43 Å². The molecule has 0 N–H and O–H groups in total. The minimum absolute atomic E-state index is 0.151. The van der Waals surface area contributed by atoms with Crippen LogP contribution in [-0.4, -0.2) is 9.50 Å². The van der Waals surface area contributed by atoms with Crippen LogP contribution in [0.1, 0.15) is 5.56 Å². The molecule has 0 bridgehead atoms. The Morgan fingerprint density at radius 3 is 2.67 bits per heavy atom. The molecule has 1 rings (SSSR count). The maximum atomic E-state index is 3.92. The van der Waals surface area contributed by atoms with Crippen molar-refractivity contribution in [2.24, 2.45) is 0 Å². The number of aromatic nitrogens is 1. The SMILES string of the molecule is C=ICc1ccncc1. The average molecular weight is 233 g/mol. The molecule has 0 fully saturated rings. The van der Waals surface area contributed by atoms with Crippen LogP contribution in [0.5, 0.6) is 0 Å². The summed E-state index contributed by atoms with van der Waals surface area (Å²) in [6, 6.07) is 4.09. The lowest BCUT2D eigenvalue weighted by atomic mass is 10.3. The largest absolute Gasteiger partial charge is 0.265 e.